The Labute approximate surface area is 408 Å². The Hall–Kier alpha value is -8.92. The van der Waals surface area contributed by atoms with Gasteiger partial charge in [0.05, 0.1) is 0 Å². The van der Waals surface area contributed by atoms with Crippen LogP contribution in [0.25, 0.3) is 123 Å². The van der Waals surface area contributed by atoms with E-state index in [0.29, 0.717) is 0 Å². The molecule has 4 atom stereocenters. The molecule has 0 saturated carbocycles. The predicted octanol–water partition coefficient (Wildman–Crippen LogP) is 14.0. The summed E-state index contributed by atoms with van der Waals surface area (Å²) in [5.41, 5.74) is 13.5. The molecule has 11 aromatic carbocycles. The van der Waals surface area contributed by atoms with Gasteiger partial charge >= 0.3 is 0 Å². The maximum atomic E-state index is 6.80. The van der Waals surface area contributed by atoms with Gasteiger partial charge in [0, 0.05) is 33.7 Å². The first kappa shape index (κ1) is 39.0. The van der Waals surface area contributed by atoms with E-state index in [-0.39, 0.29) is 24.0 Å². The molecular formula is C68H42O3. The minimum Gasteiger partial charge on any atom is -0.485 e. The van der Waals surface area contributed by atoms with E-state index in [2.05, 4.69) is 231 Å². The van der Waals surface area contributed by atoms with Gasteiger partial charge in [-0.15, -0.1) is 0 Å². The second kappa shape index (κ2) is 14.8. The van der Waals surface area contributed by atoms with Crippen LogP contribution < -0.4 is 30.3 Å². The number of fused-ring (bicyclic) bond motifs is 14. The number of hydrogen-bond acceptors (Lipinski definition) is 3. The first-order valence-corrected chi connectivity index (χ1v) is 24.8. The normalized spacial score (nSPS) is 18.0. The Bertz CT molecular complexity index is 4560. The van der Waals surface area contributed by atoms with Crippen molar-refractivity contribution >= 4 is 78.6 Å². The predicted molar refractivity (Wildman–Crippen MR) is 292 cm³/mol. The van der Waals surface area contributed by atoms with Crippen molar-refractivity contribution in [1.29, 1.82) is 0 Å². The van der Waals surface area contributed by atoms with Crippen LogP contribution in [0.3, 0.4) is 0 Å². The summed E-state index contributed by atoms with van der Waals surface area (Å²) in [5.74, 6) is 2.06. The third-order valence-electron chi connectivity index (χ3n) is 15.8. The second-order valence-corrected chi connectivity index (χ2v) is 19.8. The van der Waals surface area contributed by atoms with Crippen molar-refractivity contribution in [2.45, 2.75) is 24.0 Å². The summed E-state index contributed by atoms with van der Waals surface area (Å²) in [5, 5.41) is 14.3. The fourth-order valence-electron chi connectivity index (χ4n) is 12.5. The molecule has 12 aromatic rings. The van der Waals surface area contributed by atoms with Gasteiger partial charge in [-0.05, 0) is 171 Å². The maximum Gasteiger partial charge on any atom is 0.136 e. The van der Waals surface area contributed by atoms with Crippen molar-refractivity contribution in [3.8, 4) is 56.0 Å². The van der Waals surface area contributed by atoms with Crippen molar-refractivity contribution in [1.82, 2.24) is 0 Å². The van der Waals surface area contributed by atoms with Gasteiger partial charge in [0.25, 0.3) is 0 Å². The maximum absolute atomic E-state index is 6.80. The molecule has 0 amide bonds. The van der Waals surface area contributed by atoms with Crippen LogP contribution in [-0.4, -0.2) is 12.2 Å². The van der Waals surface area contributed by atoms with Crippen LogP contribution >= 0.6 is 0 Å². The molecule has 3 heterocycles. The Morgan fingerprint density at radius 2 is 0.859 bits per heavy atom. The summed E-state index contributed by atoms with van der Waals surface area (Å²) in [6, 6.07) is 75.8. The molecule has 0 saturated heterocycles. The molecule has 16 rings (SSSR count). The number of rotatable bonds is 4. The highest BCUT2D eigenvalue weighted by molar-refractivity contribution is 6.23. The fourth-order valence-corrected chi connectivity index (χ4v) is 12.5. The van der Waals surface area contributed by atoms with Crippen molar-refractivity contribution in [3.63, 3.8) is 0 Å². The summed E-state index contributed by atoms with van der Waals surface area (Å²) >= 11 is 0. The number of hydrogen-bond donors (Lipinski definition) is 0. The Balaban J connectivity index is 1.04. The lowest BCUT2D eigenvalue weighted by Crippen LogP contribution is -2.34. The zero-order chi connectivity index (χ0) is 46.3. The van der Waals surface area contributed by atoms with Crippen LogP contribution in [-0.2, 0) is 0 Å². The third kappa shape index (κ3) is 5.90. The van der Waals surface area contributed by atoms with E-state index >= 15 is 0 Å². The molecule has 0 fully saturated rings. The summed E-state index contributed by atoms with van der Waals surface area (Å²) in [6.45, 7) is 0. The first-order valence-electron chi connectivity index (χ1n) is 24.8. The molecule has 0 bridgehead atoms. The SMILES string of the molecule is C1=c2ccccc2=CC2c3cc(-c4cc5cc6ccccc6c(-c6ccccc6)c5c(-c5ccc6oc7cc8ccccc8cc7c6c5)c4-c4ccc5c(c4)C4C=c6ccccc6=CC4O5)ccc3OC12. The molecule has 0 radical (unpaired) electrons. The van der Waals surface area contributed by atoms with Crippen molar-refractivity contribution in [2.24, 2.45) is 0 Å². The van der Waals surface area contributed by atoms with Crippen LogP contribution in [0, 0.1) is 0 Å². The largest absolute Gasteiger partial charge is 0.485 e. The van der Waals surface area contributed by atoms with Crippen molar-refractivity contribution in [2.75, 3.05) is 0 Å². The molecule has 1 aromatic heterocycles. The van der Waals surface area contributed by atoms with Gasteiger partial charge in [-0.3, -0.25) is 0 Å². The van der Waals surface area contributed by atoms with Crippen LogP contribution in [0.15, 0.2) is 211 Å². The van der Waals surface area contributed by atoms with Gasteiger partial charge in [0.1, 0.15) is 34.9 Å². The monoisotopic (exact) mass is 906 g/mol. The Morgan fingerprint density at radius 3 is 1.56 bits per heavy atom. The smallest absolute Gasteiger partial charge is 0.136 e. The average Bonchev–Trinajstić information content (AvgIpc) is 4.09. The van der Waals surface area contributed by atoms with E-state index in [1.807, 2.05) is 0 Å². The molecule has 0 N–H and O–H groups in total. The minimum atomic E-state index is -0.0760. The highest BCUT2D eigenvalue weighted by Crippen LogP contribution is 2.53. The van der Waals surface area contributed by atoms with Crippen molar-refractivity contribution in [3.05, 3.63) is 238 Å². The molecule has 4 aliphatic rings. The Kier molecular flexibility index (Phi) is 8.12. The molecule has 0 spiro atoms. The lowest BCUT2D eigenvalue weighted by molar-refractivity contribution is 0.288. The molecule has 3 heteroatoms. The lowest BCUT2D eigenvalue weighted by Gasteiger charge is -2.24. The number of furan rings is 1. The van der Waals surface area contributed by atoms with Gasteiger partial charge in [-0.1, -0.05) is 158 Å². The molecular weight excluding hydrogens is 865 g/mol. The highest BCUT2D eigenvalue weighted by Gasteiger charge is 2.36. The summed E-state index contributed by atoms with van der Waals surface area (Å²) in [6.07, 6.45) is 9.27. The van der Waals surface area contributed by atoms with Crippen LogP contribution in [0.5, 0.6) is 11.5 Å². The topological polar surface area (TPSA) is 31.6 Å². The van der Waals surface area contributed by atoms with E-state index < -0.39 is 0 Å². The average molecular weight is 907 g/mol. The van der Waals surface area contributed by atoms with E-state index in [0.717, 1.165) is 61.1 Å². The first-order chi connectivity index (χ1) is 35.1. The third-order valence-corrected chi connectivity index (χ3v) is 15.8. The molecule has 332 valence electrons. The van der Waals surface area contributed by atoms with E-state index in [4.69, 9.17) is 13.9 Å². The Morgan fingerprint density at radius 1 is 0.310 bits per heavy atom. The highest BCUT2D eigenvalue weighted by atomic mass is 16.5. The molecule has 3 nitrogen and oxygen atoms in total. The molecule has 2 aliphatic carbocycles. The van der Waals surface area contributed by atoms with Gasteiger partial charge in [0.15, 0.2) is 0 Å². The minimum absolute atomic E-state index is 0.0615. The van der Waals surface area contributed by atoms with Crippen LogP contribution in [0.4, 0.5) is 0 Å². The summed E-state index contributed by atoms with van der Waals surface area (Å²) in [4.78, 5) is 0. The fraction of sp³-hybridized carbons (Fsp3) is 0.0588. The van der Waals surface area contributed by atoms with E-state index in [1.54, 1.807) is 0 Å². The zero-order valence-electron chi connectivity index (χ0n) is 38.5. The zero-order valence-corrected chi connectivity index (χ0v) is 38.5. The van der Waals surface area contributed by atoms with Crippen LogP contribution in [0.2, 0.25) is 0 Å². The quantitative estimate of drug-likeness (QED) is 0.165. The lowest BCUT2D eigenvalue weighted by atomic mass is 9.79. The second-order valence-electron chi connectivity index (χ2n) is 19.8. The van der Waals surface area contributed by atoms with Gasteiger partial charge in [-0.25, -0.2) is 0 Å². The standard InChI is InChI=1S/C68H42O3/c1-2-12-39(13-3-1)65-51-21-11-10-20-46(51)28-50-35-52(47-22-25-59-53(32-47)56-29-40-14-4-7-17-43(40)36-62(56)69-59)66(48-23-26-60-54(33-48)57-30-41-15-5-8-18-44(41)37-63(57)70-60)67(68(50)65)49-24-27-61-55(34-49)58-31-42-16-6-9-19-45(42)38-64(58)71-61/h1-38,56-57,62-63H. The molecule has 2 aliphatic heterocycles. The molecule has 71 heavy (non-hydrogen) atoms. The van der Waals surface area contributed by atoms with Gasteiger partial charge in [-0.2, -0.15) is 0 Å². The summed E-state index contributed by atoms with van der Waals surface area (Å²) in [7, 11) is 0. The van der Waals surface area contributed by atoms with E-state index in [9.17, 15) is 0 Å². The van der Waals surface area contributed by atoms with Gasteiger partial charge in [0.2, 0.25) is 0 Å². The number of benzene rings is 11. The van der Waals surface area contributed by atoms with Gasteiger partial charge < -0.3 is 13.9 Å². The van der Waals surface area contributed by atoms with Crippen LogP contribution in [0.1, 0.15) is 23.0 Å². The number of ether oxygens (including phenoxy) is 2. The summed E-state index contributed by atoms with van der Waals surface area (Å²) < 4.78 is 20.3. The molecule has 4 unspecified atom stereocenters. The van der Waals surface area contributed by atoms with E-state index in [1.165, 1.54) is 81.2 Å². The van der Waals surface area contributed by atoms with Crippen molar-refractivity contribution < 1.29 is 13.9 Å².